The molecule has 1 aromatic carbocycles. The molecule has 1 N–H and O–H groups in total. The fraction of sp³-hybridized carbons (Fsp3) is 0.111. The quantitative estimate of drug-likeness (QED) is 0.554. The Hall–Kier alpha value is -1.84. The molecule has 2 rings (SSSR count). The second kappa shape index (κ2) is 3.26. The van der Waals surface area contributed by atoms with Crippen LogP contribution >= 0.6 is 0 Å². The Kier molecular flexibility index (Phi) is 1.96. The molecule has 1 heterocycles. The van der Waals surface area contributed by atoms with Crippen LogP contribution in [0.3, 0.4) is 0 Å². The van der Waals surface area contributed by atoms with Crippen LogP contribution < -0.4 is 5.43 Å². The summed E-state index contributed by atoms with van der Waals surface area (Å²) in [5.41, 5.74) is 4.50. The number of hydrazone groups is 1. The minimum absolute atomic E-state index is 0.793. The first kappa shape index (κ1) is 7.79. The van der Waals surface area contributed by atoms with Crippen molar-refractivity contribution in [3.05, 3.63) is 30.0 Å². The molecule has 0 bridgehead atoms. The van der Waals surface area contributed by atoms with Crippen LogP contribution in [-0.4, -0.2) is 18.4 Å². The average Bonchev–Trinajstić information content (AvgIpc) is 2.61. The molecule has 0 atom stereocenters. The third-order valence-electron chi connectivity index (χ3n) is 1.72. The Morgan fingerprint density at radius 1 is 1.54 bits per heavy atom. The minimum Gasteiger partial charge on any atom is -0.356 e. The van der Waals surface area contributed by atoms with Crippen molar-refractivity contribution < 1.29 is 4.52 Å². The van der Waals surface area contributed by atoms with Crippen molar-refractivity contribution in [2.75, 3.05) is 7.05 Å². The van der Waals surface area contributed by atoms with Gasteiger partial charge in [-0.15, -0.1) is 0 Å². The van der Waals surface area contributed by atoms with Crippen LogP contribution in [0.2, 0.25) is 0 Å². The number of fused-ring (bicyclic) bond motifs is 1. The lowest BCUT2D eigenvalue weighted by atomic mass is 10.2. The molecule has 4 nitrogen and oxygen atoms in total. The molecule has 0 fully saturated rings. The van der Waals surface area contributed by atoms with Gasteiger partial charge in [-0.2, -0.15) is 5.10 Å². The summed E-state index contributed by atoms with van der Waals surface area (Å²) in [5.74, 6) is 0. The van der Waals surface area contributed by atoms with E-state index in [9.17, 15) is 0 Å². The van der Waals surface area contributed by atoms with Gasteiger partial charge in [-0.3, -0.25) is 0 Å². The molecule has 0 aliphatic heterocycles. The molecule has 0 radical (unpaired) electrons. The van der Waals surface area contributed by atoms with E-state index < -0.39 is 0 Å². The van der Waals surface area contributed by atoms with E-state index in [1.54, 1.807) is 19.5 Å². The molecule has 0 saturated carbocycles. The van der Waals surface area contributed by atoms with Gasteiger partial charge in [-0.05, 0) is 23.8 Å². The molecular weight excluding hydrogens is 166 g/mol. The van der Waals surface area contributed by atoms with Gasteiger partial charge in [-0.25, -0.2) is 0 Å². The molecule has 0 amide bonds. The number of nitrogens with zero attached hydrogens (tertiary/aromatic N) is 2. The van der Waals surface area contributed by atoms with Crippen LogP contribution in [0.4, 0.5) is 0 Å². The number of aromatic nitrogens is 1. The van der Waals surface area contributed by atoms with Crippen molar-refractivity contribution in [2.24, 2.45) is 5.10 Å². The van der Waals surface area contributed by atoms with Gasteiger partial charge in [0, 0.05) is 12.4 Å². The van der Waals surface area contributed by atoms with Gasteiger partial charge in [0.2, 0.25) is 0 Å². The topological polar surface area (TPSA) is 50.4 Å². The van der Waals surface area contributed by atoms with Gasteiger partial charge in [0.15, 0.2) is 5.58 Å². The second-order valence-corrected chi connectivity index (χ2v) is 2.60. The van der Waals surface area contributed by atoms with Crippen LogP contribution in [0.25, 0.3) is 11.0 Å². The van der Waals surface area contributed by atoms with E-state index in [2.05, 4.69) is 15.7 Å². The highest BCUT2D eigenvalue weighted by Crippen LogP contribution is 2.13. The predicted octanol–water partition coefficient (Wildman–Crippen LogP) is 1.38. The van der Waals surface area contributed by atoms with Gasteiger partial charge in [0.1, 0.15) is 0 Å². The second-order valence-electron chi connectivity index (χ2n) is 2.60. The first-order chi connectivity index (χ1) is 6.40. The van der Waals surface area contributed by atoms with Crippen molar-refractivity contribution in [3.8, 4) is 0 Å². The SMILES string of the molecule is CNN=Cc1ccc2oncc2c1. The van der Waals surface area contributed by atoms with E-state index in [0.29, 0.717) is 0 Å². The molecule has 4 heteroatoms. The zero-order chi connectivity index (χ0) is 9.10. The smallest absolute Gasteiger partial charge is 0.166 e. The molecule has 66 valence electrons. The van der Waals surface area contributed by atoms with Crippen LogP contribution in [-0.2, 0) is 0 Å². The highest BCUT2D eigenvalue weighted by atomic mass is 16.5. The number of rotatable bonds is 2. The summed E-state index contributed by atoms with van der Waals surface area (Å²) in [5, 5.41) is 8.58. The average molecular weight is 175 g/mol. The van der Waals surface area contributed by atoms with Gasteiger partial charge >= 0.3 is 0 Å². The van der Waals surface area contributed by atoms with Crippen LogP contribution in [0.5, 0.6) is 0 Å². The zero-order valence-corrected chi connectivity index (χ0v) is 7.19. The molecule has 0 saturated heterocycles. The fourth-order valence-corrected chi connectivity index (χ4v) is 1.11. The van der Waals surface area contributed by atoms with Crippen molar-refractivity contribution >= 4 is 17.2 Å². The molecule has 2 aromatic rings. The molecule has 13 heavy (non-hydrogen) atoms. The van der Waals surface area contributed by atoms with Crippen molar-refractivity contribution in [1.82, 2.24) is 10.6 Å². The third kappa shape index (κ3) is 1.51. The maximum absolute atomic E-state index is 4.97. The fourth-order valence-electron chi connectivity index (χ4n) is 1.11. The number of hydrogen-bond donors (Lipinski definition) is 1. The number of hydrogen-bond acceptors (Lipinski definition) is 4. The van der Waals surface area contributed by atoms with E-state index in [1.807, 2.05) is 18.2 Å². The zero-order valence-electron chi connectivity index (χ0n) is 7.19. The van der Waals surface area contributed by atoms with E-state index in [-0.39, 0.29) is 0 Å². The Morgan fingerprint density at radius 3 is 3.31 bits per heavy atom. The van der Waals surface area contributed by atoms with Crippen molar-refractivity contribution in [2.45, 2.75) is 0 Å². The Morgan fingerprint density at radius 2 is 2.46 bits per heavy atom. The van der Waals surface area contributed by atoms with E-state index in [0.717, 1.165) is 16.5 Å². The summed E-state index contributed by atoms with van der Waals surface area (Å²) in [6, 6.07) is 5.76. The molecule has 0 unspecified atom stereocenters. The standard InChI is InChI=1S/C9H9N3O/c1-10-11-5-7-2-3-9-8(4-7)6-12-13-9/h2-6,10H,1H3. The lowest BCUT2D eigenvalue weighted by Gasteiger charge is -1.91. The van der Waals surface area contributed by atoms with Gasteiger partial charge in [0.25, 0.3) is 0 Å². The number of nitrogens with one attached hydrogen (secondary N) is 1. The van der Waals surface area contributed by atoms with E-state index in [1.165, 1.54) is 0 Å². The maximum Gasteiger partial charge on any atom is 0.166 e. The van der Waals surface area contributed by atoms with Crippen LogP contribution in [0.1, 0.15) is 5.56 Å². The summed E-state index contributed by atoms with van der Waals surface area (Å²) in [7, 11) is 1.76. The lowest BCUT2D eigenvalue weighted by Crippen LogP contribution is -1.94. The normalized spacial score (nSPS) is 11.2. The minimum atomic E-state index is 0.793. The van der Waals surface area contributed by atoms with Crippen LogP contribution in [0, 0.1) is 0 Å². The molecule has 1 aromatic heterocycles. The number of benzene rings is 1. The summed E-state index contributed by atoms with van der Waals surface area (Å²) < 4.78 is 4.97. The van der Waals surface area contributed by atoms with Crippen molar-refractivity contribution in [1.29, 1.82) is 0 Å². The molecular formula is C9H9N3O. The molecule has 0 aliphatic carbocycles. The highest BCUT2D eigenvalue weighted by molar-refractivity contribution is 5.87. The Balaban J connectivity index is 2.42. The highest BCUT2D eigenvalue weighted by Gasteiger charge is 1.97. The summed E-state index contributed by atoms with van der Waals surface area (Å²) in [6.45, 7) is 0. The first-order valence-electron chi connectivity index (χ1n) is 3.94. The first-order valence-corrected chi connectivity index (χ1v) is 3.94. The van der Waals surface area contributed by atoms with Crippen LogP contribution in [0.15, 0.2) is 34.0 Å². The summed E-state index contributed by atoms with van der Waals surface area (Å²) >= 11 is 0. The Labute approximate surface area is 75.2 Å². The van der Waals surface area contributed by atoms with Gasteiger partial charge in [-0.1, -0.05) is 5.16 Å². The van der Waals surface area contributed by atoms with E-state index >= 15 is 0 Å². The third-order valence-corrected chi connectivity index (χ3v) is 1.72. The lowest BCUT2D eigenvalue weighted by molar-refractivity contribution is 0.456. The van der Waals surface area contributed by atoms with Gasteiger partial charge < -0.3 is 9.95 Å². The summed E-state index contributed by atoms with van der Waals surface area (Å²) in [4.78, 5) is 0. The largest absolute Gasteiger partial charge is 0.356 e. The molecule has 0 spiro atoms. The van der Waals surface area contributed by atoms with Crippen molar-refractivity contribution in [3.63, 3.8) is 0 Å². The maximum atomic E-state index is 4.97. The van der Waals surface area contributed by atoms with E-state index in [4.69, 9.17) is 4.52 Å². The molecule has 0 aliphatic rings. The Bertz CT molecular complexity index is 433. The van der Waals surface area contributed by atoms with Gasteiger partial charge in [0.05, 0.1) is 12.4 Å². The summed E-state index contributed by atoms with van der Waals surface area (Å²) in [6.07, 6.45) is 3.43. The monoisotopic (exact) mass is 175 g/mol. The predicted molar refractivity (Wildman–Crippen MR) is 50.7 cm³/mol.